The summed E-state index contributed by atoms with van der Waals surface area (Å²) in [6.07, 6.45) is 0.618. The first-order valence-corrected chi connectivity index (χ1v) is 10.4. The maximum absolute atomic E-state index is 12.7. The third-order valence-corrected chi connectivity index (χ3v) is 6.66. The standard InChI is InChI=1S/C20H23NO4S/c1-14-6-5-7-16(12-14)13-26(23,24)15(2)20(22)21-18-10-11-25-19-9-4-3-8-17(18)19/h3-9,12,15,18H,10-11,13H2,1-2H3,(H,21,22). The summed E-state index contributed by atoms with van der Waals surface area (Å²) in [4.78, 5) is 12.6. The molecule has 2 atom stereocenters. The number of hydrogen-bond acceptors (Lipinski definition) is 4. The number of sulfone groups is 1. The van der Waals surface area contributed by atoms with E-state index in [-0.39, 0.29) is 11.8 Å². The first-order chi connectivity index (χ1) is 12.4. The van der Waals surface area contributed by atoms with Crippen LogP contribution in [0.5, 0.6) is 5.75 Å². The fourth-order valence-corrected chi connectivity index (χ4v) is 4.39. The van der Waals surface area contributed by atoms with Crippen LogP contribution in [0.2, 0.25) is 0 Å². The highest BCUT2D eigenvalue weighted by molar-refractivity contribution is 7.92. The Kier molecular flexibility index (Phi) is 5.32. The summed E-state index contributed by atoms with van der Waals surface area (Å²) in [7, 11) is -3.60. The lowest BCUT2D eigenvalue weighted by Gasteiger charge is -2.27. The molecule has 138 valence electrons. The molecule has 5 nitrogen and oxygen atoms in total. The number of hydrogen-bond donors (Lipinski definition) is 1. The molecule has 0 saturated heterocycles. The third-order valence-electron chi connectivity index (χ3n) is 4.63. The third kappa shape index (κ3) is 4.07. The second-order valence-corrected chi connectivity index (χ2v) is 9.00. The van der Waals surface area contributed by atoms with Gasteiger partial charge in [-0.15, -0.1) is 0 Å². The van der Waals surface area contributed by atoms with E-state index in [1.807, 2.05) is 49.4 Å². The van der Waals surface area contributed by atoms with E-state index in [1.54, 1.807) is 6.07 Å². The number of carbonyl (C=O) groups excluding carboxylic acids is 1. The number of fused-ring (bicyclic) bond motifs is 1. The zero-order chi connectivity index (χ0) is 18.7. The molecular formula is C20H23NO4S. The fourth-order valence-electron chi connectivity index (χ4n) is 3.10. The van der Waals surface area contributed by atoms with E-state index in [9.17, 15) is 13.2 Å². The van der Waals surface area contributed by atoms with E-state index in [1.165, 1.54) is 6.92 Å². The average molecular weight is 373 g/mol. The molecule has 2 unspecified atom stereocenters. The van der Waals surface area contributed by atoms with Gasteiger partial charge in [0.25, 0.3) is 0 Å². The van der Waals surface area contributed by atoms with Crippen molar-refractivity contribution in [3.63, 3.8) is 0 Å². The Hall–Kier alpha value is -2.34. The lowest BCUT2D eigenvalue weighted by Crippen LogP contribution is -2.41. The van der Waals surface area contributed by atoms with E-state index in [2.05, 4.69) is 5.32 Å². The van der Waals surface area contributed by atoms with E-state index >= 15 is 0 Å². The average Bonchev–Trinajstić information content (AvgIpc) is 2.61. The highest BCUT2D eigenvalue weighted by Gasteiger charge is 2.31. The van der Waals surface area contributed by atoms with Crippen molar-refractivity contribution >= 4 is 15.7 Å². The Morgan fingerprint density at radius 2 is 2.00 bits per heavy atom. The summed E-state index contributed by atoms with van der Waals surface area (Å²) < 4.78 is 30.9. The van der Waals surface area contributed by atoms with Gasteiger partial charge in [0.15, 0.2) is 9.84 Å². The molecule has 26 heavy (non-hydrogen) atoms. The Morgan fingerprint density at radius 1 is 1.23 bits per heavy atom. The number of amides is 1. The predicted octanol–water partition coefficient (Wildman–Crippen LogP) is 2.94. The van der Waals surface area contributed by atoms with Crippen molar-refractivity contribution in [3.05, 3.63) is 65.2 Å². The van der Waals surface area contributed by atoms with Crippen LogP contribution in [0.3, 0.4) is 0 Å². The van der Waals surface area contributed by atoms with Crippen molar-refractivity contribution in [2.24, 2.45) is 0 Å². The zero-order valence-corrected chi connectivity index (χ0v) is 15.8. The molecule has 0 radical (unpaired) electrons. The topological polar surface area (TPSA) is 72.5 Å². The Bertz CT molecular complexity index is 908. The van der Waals surface area contributed by atoms with Crippen LogP contribution in [-0.4, -0.2) is 26.2 Å². The molecule has 2 aromatic rings. The normalized spacial score (nSPS) is 17.7. The van der Waals surface area contributed by atoms with Crippen molar-refractivity contribution in [1.29, 1.82) is 0 Å². The molecule has 3 rings (SSSR count). The van der Waals surface area contributed by atoms with Crippen molar-refractivity contribution in [3.8, 4) is 5.75 Å². The van der Waals surface area contributed by atoms with Crippen LogP contribution in [-0.2, 0) is 20.4 Å². The molecule has 6 heteroatoms. The number of para-hydroxylation sites is 1. The Balaban J connectivity index is 1.71. The van der Waals surface area contributed by atoms with Crippen LogP contribution in [0.1, 0.15) is 36.1 Å². The van der Waals surface area contributed by atoms with Crippen molar-refractivity contribution < 1.29 is 17.9 Å². The predicted molar refractivity (Wildman–Crippen MR) is 101 cm³/mol. The number of benzene rings is 2. The smallest absolute Gasteiger partial charge is 0.238 e. The van der Waals surface area contributed by atoms with Crippen LogP contribution < -0.4 is 10.1 Å². The molecule has 0 saturated carbocycles. The zero-order valence-electron chi connectivity index (χ0n) is 14.9. The Morgan fingerprint density at radius 3 is 2.77 bits per heavy atom. The van der Waals surface area contributed by atoms with E-state index in [4.69, 9.17) is 4.74 Å². The molecule has 0 bridgehead atoms. The van der Waals surface area contributed by atoms with Gasteiger partial charge in [0.1, 0.15) is 11.0 Å². The van der Waals surface area contributed by atoms with Crippen molar-refractivity contribution in [1.82, 2.24) is 5.32 Å². The summed E-state index contributed by atoms with van der Waals surface area (Å²) in [5, 5.41) is 1.77. The Labute approximate surface area is 154 Å². The van der Waals surface area contributed by atoms with Gasteiger partial charge in [-0.05, 0) is 25.5 Å². The highest BCUT2D eigenvalue weighted by Crippen LogP contribution is 2.31. The number of ether oxygens (including phenoxy) is 1. The number of carbonyl (C=O) groups is 1. The second-order valence-electron chi connectivity index (χ2n) is 6.67. The highest BCUT2D eigenvalue weighted by atomic mass is 32.2. The summed E-state index contributed by atoms with van der Waals surface area (Å²) in [6, 6.07) is 14.6. The van der Waals surface area contributed by atoms with Gasteiger partial charge < -0.3 is 10.1 Å². The van der Waals surface area contributed by atoms with Gasteiger partial charge in [-0.3, -0.25) is 4.79 Å². The summed E-state index contributed by atoms with van der Waals surface area (Å²) >= 11 is 0. The van der Waals surface area contributed by atoms with Crippen LogP contribution in [0.15, 0.2) is 48.5 Å². The first kappa shape index (κ1) is 18.5. The molecule has 0 aliphatic carbocycles. The van der Waals surface area contributed by atoms with Gasteiger partial charge in [0.05, 0.1) is 18.4 Å². The van der Waals surface area contributed by atoms with Gasteiger partial charge in [0.2, 0.25) is 5.91 Å². The van der Waals surface area contributed by atoms with Crippen LogP contribution in [0, 0.1) is 6.92 Å². The van der Waals surface area contributed by atoms with Gasteiger partial charge in [-0.25, -0.2) is 8.42 Å². The summed E-state index contributed by atoms with van der Waals surface area (Å²) in [5.74, 6) is 0.117. The summed E-state index contributed by atoms with van der Waals surface area (Å²) in [6.45, 7) is 3.85. The summed E-state index contributed by atoms with van der Waals surface area (Å²) in [5.41, 5.74) is 2.57. The quantitative estimate of drug-likeness (QED) is 0.875. The van der Waals surface area contributed by atoms with Crippen LogP contribution in [0.25, 0.3) is 0 Å². The molecule has 0 spiro atoms. The van der Waals surface area contributed by atoms with Gasteiger partial charge in [0, 0.05) is 12.0 Å². The van der Waals surface area contributed by atoms with Gasteiger partial charge in [-0.2, -0.15) is 0 Å². The lowest BCUT2D eigenvalue weighted by atomic mass is 10.0. The molecule has 0 fully saturated rings. The molecule has 0 aromatic heterocycles. The first-order valence-electron chi connectivity index (χ1n) is 8.66. The number of rotatable bonds is 5. The molecule has 2 aromatic carbocycles. The van der Waals surface area contributed by atoms with E-state index < -0.39 is 21.0 Å². The van der Waals surface area contributed by atoms with Crippen molar-refractivity contribution in [2.75, 3.05) is 6.61 Å². The maximum Gasteiger partial charge on any atom is 0.238 e. The van der Waals surface area contributed by atoms with E-state index in [0.717, 1.165) is 16.9 Å². The van der Waals surface area contributed by atoms with Gasteiger partial charge >= 0.3 is 0 Å². The number of nitrogens with one attached hydrogen (secondary N) is 1. The van der Waals surface area contributed by atoms with Crippen LogP contribution >= 0.6 is 0 Å². The molecule has 1 N–H and O–H groups in total. The molecule has 1 aliphatic heterocycles. The molecule has 1 aliphatic rings. The second kappa shape index (κ2) is 7.50. The van der Waals surface area contributed by atoms with Crippen molar-refractivity contribution in [2.45, 2.75) is 37.3 Å². The largest absolute Gasteiger partial charge is 0.493 e. The monoisotopic (exact) mass is 373 g/mol. The minimum Gasteiger partial charge on any atom is -0.493 e. The van der Waals surface area contributed by atoms with Crippen LogP contribution in [0.4, 0.5) is 0 Å². The number of aryl methyl sites for hydroxylation is 1. The minimum absolute atomic E-state index is 0.145. The fraction of sp³-hybridized carbons (Fsp3) is 0.350. The minimum atomic E-state index is -3.60. The van der Waals surface area contributed by atoms with E-state index in [0.29, 0.717) is 18.6 Å². The molecule has 1 heterocycles. The maximum atomic E-state index is 12.7. The van der Waals surface area contributed by atoms with Gasteiger partial charge in [-0.1, -0.05) is 48.0 Å². The lowest BCUT2D eigenvalue weighted by molar-refractivity contribution is -0.121. The molecule has 1 amide bonds. The SMILES string of the molecule is Cc1cccc(CS(=O)(=O)C(C)C(=O)NC2CCOc3ccccc32)c1. The molecular weight excluding hydrogens is 350 g/mol.